The number of thiophene rings is 1. The molecule has 0 radical (unpaired) electrons. The fraction of sp³-hybridized carbons (Fsp3) is 0.545. The van der Waals surface area contributed by atoms with E-state index in [2.05, 4.69) is 0 Å². The summed E-state index contributed by atoms with van der Waals surface area (Å²) in [7, 11) is 0. The molecule has 18 heavy (non-hydrogen) atoms. The molecular weight excluding hydrogens is 287 g/mol. The standard InChI is InChI=1S/C11H11ClF3NOS/c12-9-5-4-7(18-9)10(17)16-6-2-1-3-8(16)11(13,14)15/h4-5,8H,1-3,6H2. The number of hydrogen-bond acceptors (Lipinski definition) is 2. The molecule has 0 aliphatic carbocycles. The monoisotopic (exact) mass is 297 g/mol. The predicted octanol–water partition coefficient (Wildman–Crippen LogP) is 3.96. The largest absolute Gasteiger partial charge is 0.408 e. The Bertz CT molecular complexity index is 446. The maximum absolute atomic E-state index is 12.9. The van der Waals surface area contributed by atoms with Crippen LogP contribution >= 0.6 is 22.9 Å². The molecule has 0 saturated carbocycles. The highest BCUT2D eigenvalue weighted by Gasteiger charge is 2.46. The first-order valence-electron chi connectivity index (χ1n) is 5.52. The van der Waals surface area contributed by atoms with E-state index in [-0.39, 0.29) is 17.8 Å². The van der Waals surface area contributed by atoms with Gasteiger partial charge in [0.15, 0.2) is 0 Å². The Morgan fingerprint density at radius 1 is 1.39 bits per heavy atom. The number of rotatable bonds is 1. The minimum absolute atomic E-state index is 0.0195. The molecule has 1 saturated heterocycles. The van der Waals surface area contributed by atoms with Gasteiger partial charge in [0.05, 0.1) is 9.21 Å². The van der Waals surface area contributed by atoms with Crippen LogP contribution in [0.1, 0.15) is 28.9 Å². The van der Waals surface area contributed by atoms with Crippen LogP contribution in [0.3, 0.4) is 0 Å². The van der Waals surface area contributed by atoms with E-state index >= 15 is 0 Å². The Balaban J connectivity index is 2.21. The van der Waals surface area contributed by atoms with E-state index in [9.17, 15) is 18.0 Å². The Morgan fingerprint density at radius 3 is 2.67 bits per heavy atom. The van der Waals surface area contributed by atoms with Crippen LogP contribution in [0.15, 0.2) is 12.1 Å². The number of likely N-dealkylation sites (tertiary alicyclic amines) is 1. The van der Waals surface area contributed by atoms with E-state index in [4.69, 9.17) is 11.6 Å². The number of piperidine rings is 1. The van der Waals surface area contributed by atoms with Crippen molar-refractivity contribution in [2.24, 2.45) is 0 Å². The number of carbonyl (C=O) groups excluding carboxylic acids is 1. The summed E-state index contributed by atoms with van der Waals surface area (Å²) in [4.78, 5) is 13.2. The molecule has 1 unspecified atom stereocenters. The van der Waals surface area contributed by atoms with Crippen molar-refractivity contribution < 1.29 is 18.0 Å². The molecule has 2 nitrogen and oxygen atoms in total. The molecule has 100 valence electrons. The van der Waals surface area contributed by atoms with Crippen LogP contribution in [0.2, 0.25) is 4.34 Å². The minimum atomic E-state index is -4.36. The summed E-state index contributed by atoms with van der Waals surface area (Å²) in [6.07, 6.45) is -3.28. The molecule has 1 aliphatic rings. The van der Waals surface area contributed by atoms with Gasteiger partial charge in [-0.25, -0.2) is 0 Å². The van der Waals surface area contributed by atoms with Gasteiger partial charge in [-0.15, -0.1) is 11.3 Å². The van der Waals surface area contributed by atoms with Gasteiger partial charge in [0.2, 0.25) is 0 Å². The van der Waals surface area contributed by atoms with Crippen LogP contribution < -0.4 is 0 Å². The first kappa shape index (κ1) is 13.7. The average Bonchev–Trinajstić information content (AvgIpc) is 2.74. The van der Waals surface area contributed by atoms with Gasteiger partial charge in [0, 0.05) is 6.54 Å². The van der Waals surface area contributed by atoms with Crippen molar-refractivity contribution in [2.45, 2.75) is 31.5 Å². The highest BCUT2D eigenvalue weighted by Crippen LogP contribution is 2.34. The molecule has 1 aromatic heterocycles. The van der Waals surface area contributed by atoms with Crippen LogP contribution in [0.5, 0.6) is 0 Å². The van der Waals surface area contributed by atoms with Gasteiger partial charge >= 0.3 is 6.18 Å². The zero-order chi connectivity index (χ0) is 13.3. The summed E-state index contributed by atoms with van der Waals surface area (Å²) in [6.45, 7) is 0.151. The molecule has 2 rings (SSSR count). The van der Waals surface area contributed by atoms with Crippen molar-refractivity contribution in [3.05, 3.63) is 21.3 Å². The van der Waals surface area contributed by atoms with Gasteiger partial charge in [-0.1, -0.05) is 11.6 Å². The third-order valence-electron chi connectivity index (χ3n) is 2.93. The molecule has 1 fully saturated rings. The molecule has 0 aromatic carbocycles. The first-order chi connectivity index (χ1) is 8.39. The summed E-state index contributed by atoms with van der Waals surface area (Å²) >= 11 is 6.70. The van der Waals surface area contributed by atoms with Crippen LogP contribution in [0, 0.1) is 0 Å². The van der Waals surface area contributed by atoms with Gasteiger partial charge in [-0.05, 0) is 31.4 Å². The zero-order valence-corrected chi connectivity index (χ0v) is 10.9. The first-order valence-corrected chi connectivity index (χ1v) is 6.72. The van der Waals surface area contributed by atoms with Gasteiger partial charge in [0.1, 0.15) is 6.04 Å². The van der Waals surface area contributed by atoms with Gasteiger partial charge < -0.3 is 4.90 Å². The summed E-state index contributed by atoms with van der Waals surface area (Å²) in [5.41, 5.74) is 0. The van der Waals surface area contributed by atoms with E-state index < -0.39 is 18.1 Å². The zero-order valence-electron chi connectivity index (χ0n) is 9.34. The normalized spacial score (nSPS) is 21.1. The Hall–Kier alpha value is -0.750. The fourth-order valence-corrected chi connectivity index (χ4v) is 3.08. The molecule has 0 N–H and O–H groups in total. The second-order valence-electron chi connectivity index (χ2n) is 4.16. The lowest BCUT2D eigenvalue weighted by Gasteiger charge is -2.36. The van der Waals surface area contributed by atoms with E-state index in [0.717, 1.165) is 16.2 Å². The molecule has 1 amide bonds. The maximum atomic E-state index is 12.9. The lowest BCUT2D eigenvalue weighted by Crippen LogP contribution is -2.51. The van der Waals surface area contributed by atoms with Crippen molar-refractivity contribution in [3.63, 3.8) is 0 Å². The van der Waals surface area contributed by atoms with Crippen molar-refractivity contribution in [1.29, 1.82) is 0 Å². The summed E-state index contributed by atoms with van der Waals surface area (Å²) in [5, 5.41) is 0. The number of nitrogens with zero attached hydrogens (tertiary/aromatic N) is 1. The van der Waals surface area contributed by atoms with Crippen LogP contribution in [-0.2, 0) is 0 Å². The number of hydrogen-bond donors (Lipinski definition) is 0. The third-order valence-corrected chi connectivity index (χ3v) is 4.14. The van der Waals surface area contributed by atoms with Crippen LogP contribution in [0.4, 0.5) is 13.2 Å². The van der Waals surface area contributed by atoms with Crippen molar-refractivity contribution in [3.8, 4) is 0 Å². The minimum Gasteiger partial charge on any atom is -0.326 e. The molecule has 0 bridgehead atoms. The predicted molar refractivity (Wildman–Crippen MR) is 64.1 cm³/mol. The third kappa shape index (κ3) is 2.80. The maximum Gasteiger partial charge on any atom is 0.408 e. The summed E-state index contributed by atoms with van der Waals surface area (Å²) in [5.74, 6) is -0.575. The molecular formula is C11H11ClF3NOS. The second kappa shape index (κ2) is 5.09. The molecule has 0 spiro atoms. The van der Waals surface area contributed by atoms with Gasteiger partial charge in [0.25, 0.3) is 5.91 Å². The van der Waals surface area contributed by atoms with E-state index in [1.807, 2.05) is 0 Å². The molecule has 1 aromatic rings. The van der Waals surface area contributed by atoms with E-state index in [0.29, 0.717) is 17.2 Å². The molecule has 1 atom stereocenters. The smallest absolute Gasteiger partial charge is 0.326 e. The quantitative estimate of drug-likeness (QED) is 0.768. The average molecular weight is 298 g/mol. The fourth-order valence-electron chi connectivity index (χ4n) is 2.09. The van der Waals surface area contributed by atoms with Crippen LogP contribution in [-0.4, -0.2) is 29.6 Å². The van der Waals surface area contributed by atoms with E-state index in [1.165, 1.54) is 12.1 Å². The number of halogens is 4. The van der Waals surface area contributed by atoms with Crippen molar-refractivity contribution in [2.75, 3.05) is 6.54 Å². The molecule has 7 heteroatoms. The van der Waals surface area contributed by atoms with Crippen molar-refractivity contribution >= 4 is 28.8 Å². The second-order valence-corrected chi connectivity index (χ2v) is 5.87. The lowest BCUT2D eigenvalue weighted by atomic mass is 10.0. The van der Waals surface area contributed by atoms with Gasteiger partial charge in [-0.2, -0.15) is 13.2 Å². The Kier molecular flexibility index (Phi) is 3.87. The molecule has 2 heterocycles. The Labute approximate surface area is 111 Å². The van der Waals surface area contributed by atoms with Crippen LogP contribution in [0.25, 0.3) is 0 Å². The highest BCUT2D eigenvalue weighted by molar-refractivity contribution is 7.17. The highest BCUT2D eigenvalue weighted by atomic mass is 35.5. The SMILES string of the molecule is O=C(c1ccc(Cl)s1)N1CCCCC1C(F)(F)F. The number of alkyl halides is 3. The number of carbonyl (C=O) groups is 1. The summed E-state index contributed by atoms with van der Waals surface area (Å²) < 4.78 is 39.0. The summed E-state index contributed by atoms with van der Waals surface area (Å²) in [6, 6.07) is 1.32. The van der Waals surface area contributed by atoms with Gasteiger partial charge in [-0.3, -0.25) is 4.79 Å². The number of amides is 1. The van der Waals surface area contributed by atoms with E-state index in [1.54, 1.807) is 0 Å². The Morgan fingerprint density at radius 2 is 2.11 bits per heavy atom. The molecule has 1 aliphatic heterocycles. The lowest BCUT2D eigenvalue weighted by molar-refractivity contribution is -0.183. The topological polar surface area (TPSA) is 20.3 Å². The van der Waals surface area contributed by atoms with Crippen molar-refractivity contribution in [1.82, 2.24) is 4.90 Å².